The number of aldehydes is 1. The van der Waals surface area contributed by atoms with Gasteiger partial charge < -0.3 is 4.74 Å². The van der Waals surface area contributed by atoms with Gasteiger partial charge in [0.1, 0.15) is 17.9 Å². The summed E-state index contributed by atoms with van der Waals surface area (Å²) in [5.41, 5.74) is 0.918. The van der Waals surface area contributed by atoms with Crippen LogP contribution in [-0.4, -0.2) is 34.3 Å². The van der Waals surface area contributed by atoms with E-state index in [0.29, 0.717) is 23.5 Å². The number of aromatic nitrogens is 3. The first kappa shape index (κ1) is 18.1. The number of carbonyl (C=O) groups excluding carboxylic acids is 1. The highest BCUT2D eigenvalue weighted by Crippen LogP contribution is 2.22. The predicted octanol–water partition coefficient (Wildman–Crippen LogP) is 2.62. The van der Waals surface area contributed by atoms with Crippen LogP contribution in [0.1, 0.15) is 16.2 Å². The average Bonchev–Trinajstić information content (AvgIpc) is 3.00. The maximum Gasteiger partial charge on any atom is 0.432 e. The fraction of sp³-hybridized carbons (Fsp3) is 0.214. The third kappa shape index (κ3) is 4.40. The third-order valence-electron chi connectivity index (χ3n) is 2.91. The topological polar surface area (TPSA) is 93.8 Å². The molecule has 11 heteroatoms. The highest BCUT2D eigenvalue weighted by Gasteiger charge is 2.32. The van der Waals surface area contributed by atoms with Gasteiger partial charge in [-0.15, -0.1) is 0 Å². The van der Waals surface area contributed by atoms with Crippen LogP contribution in [0.25, 0.3) is 5.82 Å². The maximum atomic E-state index is 12.2. The number of halogens is 3. The standard InChI is InChI=1S/C14H13F3N6O2/c1-9(14(15,16)17)20-22-19-7-10-6-11(8-24)23(21-10)13-12(25-2)4-3-5-18-13/h3-6,8H,1,7H2,2H3,(H,19,20). The number of nitrogens with one attached hydrogen (secondary N) is 1. The van der Waals surface area contributed by atoms with E-state index < -0.39 is 11.9 Å². The summed E-state index contributed by atoms with van der Waals surface area (Å²) in [7, 11) is 1.44. The molecule has 0 aliphatic carbocycles. The van der Waals surface area contributed by atoms with Gasteiger partial charge in [-0.25, -0.2) is 9.67 Å². The van der Waals surface area contributed by atoms with Gasteiger partial charge in [-0.05, 0) is 18.2 Å². The van der Waals surface area contributed by atoms with Crippen molar-refractivity contribution in [3.63, 3.8) is 0 Å². The molecule has 2 aromatic rings. The van der Waals surface area contributed by atoms with Crippen molar-refractivity contribution in [2.75, 3.05) is 7.11 Å². The smallest absolute Gasteiger partial charge is 0.432 e. The number of alkyl halides is 3. The molecule has 0 spiro atoms. The second-order valence-electron chi connectivity index (χ2n) is 4.61. The van der Waals surface area contributed by atoms with Gasteiger partial charge in [-0.2, -0.15) is 23.4 Å². The van der Waals surface area contributed by atoms with Gasteiger partial charge in [0.15, 0.2) is 17.9 Å². The van der Waals surface area contributed by atoms with Gasteiger partial charge in [0.05, 0.1) is 12.8 Å². The van der Waals surface area contributed by atoms with Crippen LogP contribution in [-0.2, 0) is 6.54 Å². The molecule has 0 aromatic carbocycles. The van der Waals surface area contributed by atoms with Gasteiger partial charge in [-0.1, -0.05) is 11.8 Å². The molecule has 0 bridgehead atoms. The van der Waals surface area contributed by atoms with Crippen LogP contribution in [0.4, 0.5) is 13.2 Å². The van der Waals surface area contributed by atoms with Crippen LogP contribution in [0, 0.1) is 0 Å². The summed E-state index contributed by atoms with van der Waals surface area (Å²) in [6.07, 6.45) is -2.55. The minimum absolute atomic E-state index is 0.152. The van der Waals surface area contributed by atoms with E-state index >= 15 is 0 Å². The van der Waals surface area contributed by atoms with E-state index in [4.69, 9.17) is 4.74 Å². The number of ether oxygens (including phenoxy) is 1. The van der Waals surface area contributed by atoms with Crippen molar-refractivity contribution < 1.29 is 22.7 Å². The Hall–Kier alpha value is -3.24. The number of rotatable bonds is 7. The van der Waals surface area contributed by atoms with E-state index in [9.17, 15) is 18.0 Å². The fourth-order valence-corrected chi connectivity index (χ4v) is 1.75. The Labute approximate surface area is 140 Å². The third-order valence-corrected chi connectivity index (χ3v) is 2.91. The molecule has 0 aliphatic heterocycles. The first-order chi connectivity index (χ1) is 11.9. The van der Waals surface area contributed by atoms with E-state index in [1.807, 2.05) is 0 Å². The number of carbonyl (C=O) groups is 1. The lowest BCUT2D eigenvalue weighted by Crippen LogP contribution is -2.20. The molecule has 2 aromatic heterocycles. The molecule has 25 heavy (non-hydrogen) atoms. The second kappa shape index (κ2) is 7.55. The average molecular weight is 354 g/mol. The van der Waals surface area contributed by atoms with Crippen molar-refractivity contribution in [3.8, 4) is 11.6 Å². The molecule has 0 radical (unpaired) electrons. The SMILES string of the molecule is C=C(NN=NCc1cc(C=O)n(-c2ncccc2OC)n1)C(F)(F)F. The molecule has 1 N–H and O–H groups in total. The Bertz CT molecular complexity index is 800. The zero-order valence-corrected chi connectivity index (χ0v) is 13.0. The molecule has 0 fully saturated rings. The van der Waals surface area contributed by atoms with Crippen LogP contribution >= 0.6 is 0 Å². The second-order valence-corrected chi connectivity index (χ2v) is 4.61. The zero-order valence-electron chi connectivity index (χ0n) is 13.0. The largest absolute Gasteiger partial charge is 0.493 e. The molecule has 0 atom stereocenters. The lowest BCUT2D eigenvalue weighted by molar-refractivity contribution is -0.0964. The summed E-state index contributed by atoms with van der Waals surface area (Å²) in [6.45, 7) is 2.63. The summed E-state index contributed by atoms with van der Waals surface area (Å²) in [4.78, 5) is 15.3. The van der Waals surface area contributed by atoms with Crippen LogP contribution in [0.3, 0.4) is 0 Å². The molecular weight excluding hydrogens is 341 g/mol. The summed E-state index contributed by atoms with van der Waals surface area (Å²) in [5, 5.41) is 10.9. The molecule has 0 amide bonds. The molecule has 2 heterocycles. The van der Waals surface area contributed by atoms with Crippen molar-refractivity contribution >= 4 is 6.29 Å². The van der Waals surface area contributed by atoms with Gasteiger partial charge in [0.25, 0.3) is 0 Å². The van der Waals surface area contributed by atoms with Crippen molar-refractivity contribution in [3.05, 3.63) is 48.1 Å². The molecule has 0 saturated heterocycles. The summed E-state index contributed by atoms with van der Waals surface area (Å²) < 4.78 is 43.1. The summed E-state index contributed by atoms with van der Waals surface area (Å²) in [5.74, 6) is 0.684. The highest BCUT2D eigenvalue weighted by atomic mass is 19.4. The Kier molecular flexibility index (Phi) is 5.47. The van der Waals surface area contributed by atoms with Crippen LogP contribution in [0.2, 0.25) is 0 Å². The van der Waals surface area contributed by atoms with E-state index in [2.05, 4.69) is 27.0 Å². The predicted molar refractivity (Wildman–Crippen MR) is 80.2 cm³/mol. The molecular formula is C14H13F3N6O2. The van der Waals surface area contributed by atoms with Crippen molar-refractivity contribution in [1.29, 1.82) is 0 Å². The summed E-state index contributed by atoms with van der Waals surface area (Å²) >= 11 is 0. The Morgan fingerprint density at radius 3 is 2.92 bits per heavy atom. The van der Waals surface area contributed by atoms with Gasteiger partial charge in [0.2, 0.25) is 0 Å². The number of nitrogens with zero attached hydrogens (tertiary/aromatic N) is 5. The number of methoxy groups -OCH3 is 1. The molecule has 0 saturated carbocycles. The number of allylic oxidation sites excluding steroid dienone is 1. The molecule has 132 valence electrons. The molecule has 0 unspecified atom stereocenters. The fourth-order valence-electron chi connectivity index (χ4n) is 1.75. The lowest BCUT2D eigenvalue weighted by atomic mass is 10.3. The number of hydrogen-bond acceptors (Lipinski definition) is 6. The minimum Gasteiger partial charge on any atom is -0.493 e. The van der Waals surface area contributed by atoms with E-state index in [1.54, 1.807) is 17.6 Å². The van der Waals surface area contributed by atoms with E-state index in [0.717, 1.165) is 0 Å². The lowest BCUT2D eigenvalue weighted by Gasteiger charge is -2.07. The highest BCUT2D eigenvalue weighted by molar-refractivity contribution is 5.73. The zero-order chi connectivity index (χ0) is 18.4. The maximum absolute atomic E-state index is 12.2. The van der Waals surface area contributed by atoms with Gasteiger partial charge in [0, 0.05) is 6.20 Å². The van der Waals surface area contributed by atoms with Crippen molar-refractivity contribution in [2.45, 2.75) is 12.7 Å². The first-order valence-corrected chi connectivity index (χ1v) is 6.79. The van der Waals surface area contributed by atoms with Crippen LogP contribution in [0.15, 0.2) is 47.0 Å². The van der Waals surface area contributed by atoms with Crippen LogP contribution in [0.5, 0.6) is 5.75 Å². The number of hydrogen-bond donors (Lipinski definition) is 1. The van der Waals surface area contributed by atoms with Gasteiger partial charge in [-0.3, -0.25) is 10.2 Å². The molecule has 0 aliphatic rings. The Morgan fingerprint density at radius 1 is 1.52 bits per heavy atom. The van der Waals surface area contributed by atoms with Crippen molar-refractivity contribution in [1.82, 2.24) is 20.2 Å². The van der Waals surface area contributed by atoms with E-state index in [1.165, 1.54) is 24.1 Å². The Balaban J connectivity index is 2.16. The minimum atomic E-state index is -4.61. The monoisotopic (exact) mass is 354 g/mol. The molecule has 8 nitrogen and oxygen atoms in total. The number of pyridine rings is 1. The van der Waals surface area contributed by atoms with Crippen LogP contribution < -0.4 is 10.2 Å². The van der Waals surface area contributed by atoms with Crippen molar-refractivity contribution in [2.24, 2.45) is 10.3 Å². The van der Waals surface area contributed by atoms with Gasteiger partial charge >= 0.3 is 6.18 Å². The quantitative estimate of drug-likeness (QED) is 0.469. The summed E-state index contributed by atoms with van der Waals surface area (Å²) in [6, 6.07) is 4.71. The Morgan fingerprint density at radius 2 is 2.28 bits per heavy atom. The molecule has 2 rings (SSSR count). The normalized spacial score (nSPS) is 11.5. The van der Waals surface area contributed by atoms with E-state index in [-0.39, 0.29) is 12.2 Å². The first-order valence-electron chi connectivity index (χ1n) is 6.79.